The Hall–Kier alpha value is -3.33. The first kappa shape index (κ1) is 18.5. The maximum atomic E-state index is 12.8. The van der Waals surface area contributed by atoms with Crippen LogP contribution in [0.4, 0.5) is 15.8 Å². The molecule has 1 amide bonds. The van der Waals surface area contributed by atoms with E-state index >= 15 is 0 Å². The molecule has 27 heavy (non-hydrogen) atoms. The zero-order chi connectivity index (χ0) is 19.2. The summed E-state index contributed by atoms with van der Waals surface area (Å²) in [6.07, 6.45) is 0. The van der Waals surface area contributed by atoms with E-state index in [1.54, 1.807) is 24.3 Å². The minimum atomic E-state index is -0.471. The molecule has 2 aromatic carbocycles. The highest BCUT2D eigenvalue weighted by atomic mass is 32.2. The summed E-state index contributed by atoms with van der Waals surface area (Å²) in [6.45, 7) is 0. The van der Waals surface area contributed by atoms with Crippen molar-refractivity contribution in [3.63, 3.8) is 0 Å². The van der Waals surface area contributed by atoms with Gasteiger partial charge in [-0.25, -0.2) is 4.39 Å². The smallest absolute Gasteiger partial charge is 0.270 e. The van der Waals surface area contributed by atoms with Crippen molar-refractivity contribution in [2.45, 2.75) is 5.03 Å². The number of amides is 1. The number of anilines is 1. The quantitative estimate of drug-likeness (QED) is 0.393. The molecule has 9 heteroatoms. The molecule has 0 bridgehead atoms. The third-order valence-corrected chi connectivity index (χ3v) is 4.39. The maximum Gasteiger partial charge on any atom is 0.270 e. The summed E-state index contributed by atoms with van der Waals surface area (Å²) in [7, 11) is 0. The predicted molar refractivity (Wildman–Crippen MR) is 99.9 cm³/mol. The fourth-order valence-electron chi connectivity index (χ4n) is 2.20. The molecule has 3 aromatic rings. The number of non-ortho nitro benzene ring substituents is 1. The molecular weight excluding hydrogens is 371 g/mol. The number of benzene rings is 2. The number of halogens is 1. The number of nitro benzene ring substituents is 1. The number of hydrogen-bond acceptors (Lipinski definition) is 6. The maximum absolute atomic E-state index is 12.8. The van der Waals surface area contributed by atoms with Crippen LogP contribution in [0.15, 0.2) is 65.7 Å². The molecule has 0 aliphatic carbocycles. The number of carbonyl (C=O) groups excluding carboxylic acids is 1. The summed E-state index contributed by atoms with van der Waals surface area (Å²) >= 11 is 1.19. The zero-order valence-corrected chi connectivity index (χ0v) is 14.6. The van der Waals surface area contributed by atoms with Crippen LogP contribution in [-0.2, 0) is 4.79 Å². The van der Waals surface area contributed by atoms with E-state index in [1.165, 1.54) is 48.2 Å². The largest absolute Gasteiger partial charge is 0.325 e. The van der Waals surface area contributed by atoms with Gasteiger partial charge in [-0.2, -0.15) is 0 Å². The molecule has 0 fully saturated rings. The van der Waals surface area contributed by atoms with E-state index < -0.39 is 4.92 Å². The molecule has 0 aliphatic rings. The first-order valence-corrected chi connectivity index (χ1v) is 8.76. The van der Waals surface area contributed by atoms with Crippen LogP contribution in [0.25, 0.3) is 11.3 Å². The average molecular weight is 384 g/mol. The van der Waals surface area contributed by atoms with Crippen molar-refractivity contribution in [2.75, 3.05) is 11.1 Å². The van der Waals surface area contributed by atoms with Crippen molar-refractivity contribution in [1.29, 1.82) is 0 Å². The molecule has 0 unspecified atom stereocenters. The second-order valence-electron chi connectivity index (χ2n) is 5.41. The fourth-order valence-corrected chi connectivity index (χ4v) is 2.81. The summed E-state index contributed by atoms with van der Waals surface area (Å²) in [5.74, 6) is -0.514. The van der Waals surface area contributed by atoms with Crippen LogP contribution >= 0.6 is 11.8 Å². The summed E-state index contributed by atoms with van der Waals surface area (Å²) in [6, 6.07) is 15.0. The van der Waals surface area contributed by atoms with E-state index in [9.17, 15) is 19.3 Å². The highest BCUT2D eigenvalue weighted by Gasteiger charge is 2.09. The number of thioether (sulfide) groups is 1. The van der Waals surface area contributed by atoms with Crippen LogP contribution in [0.1, 0.15) is 0 Å². The first-order valence-electron chi connectivity index (χ1n) is 7.78. The monoisotopic (exact) mass is 384 g/mol. The van der Waals surface area contributed by atoms with E-state index in [4.69, 9.17) is 0 Å². The number of aromatic nitrogens is 2. The third-order valence-electron chi connectivity index (χ3n) is 3.47. The van der Waals surface area contributed by atoms with Crippen molar-refractivity contribution in [3.8, 4) is 11.3 Å². The van der Waals surface area contributed by atoms with Crippen LogP contribution in [0.2, 0.25) is 0 Å². The SMILES string of the molecule is O=C(CSc1ccc(-c2cccc([N+](=O)[O-])c2)nn1)Nc1ccc(F)cc1. The number of hydrogen-bond donors (Lipinski definition) is 1. The van der Waals surface area contributed by atoms with Gasteiger partial charge in [-0.1, -0.05) is 23.9 Å². The summed E-state index contributed by atoms with van der Waals surface area (Å²) in [5, 5.41) is 22.1. The lowest BCUT2D eigenvalue weighted by molar-refractivity contribution is -0.384. The molecule has 136 valence electrons. The van der Waals surface area contributed by atoms with E-state index in [0.717, 1.165) is 0 Å². The minimum absolute atomic E-state index is 0.0229. The van der Waals surface area contributed by atoms with E-state index in [0.29, 0.717) is 22.0 Å². The molecule has 1 N–H and O–H groups in total. The third kappa shape index (κ3) is 5.08. The van der Waals surface area contributed by atoms with Gasteiger partial charge in [0.15, 0.2) is 0 Å². The summed E-state index contributed by atoms with van der Waals surface area (Å²) < 4.78 is 12.8. The summed E-state index contributed by atoms with van der Waals surface area (Å²) in [4.78, 5) is 22.3. The lowest BCUT2D eigenvalue weighted by Gasteiger charge is -2.05. The highest BCUT2D eigenvalue weighted by molar-refractivity contribution is 7.99. The Kier molecular flexibility index (Phi) is 5.72. The van der Waals surface area contributed by atoms with Crippen LogP contribution in [0.3, 0.4) is 0 Å². The lowest BCUT2D eigenvalue weighted by atomic mass is 10.1. The van der Waals surface area contributed by atoms with Crippen LogP contribution in [-0.4, -0.2) is 26.8 Å². The van der Waals surface area contributed by atoms with Gasteiger partial charge in [0, 0.05) is 23.4 Å². The number of nitro groups is 1. The minimum Gasteiger partial charge on any atom is -0.325 e. The molecule has 7 nitrogen and oxygen atoms in total. The number of nitrogens with zero attached hydrogens (tertiary/aromatic N) is 3. The molecule has 0 saturated heterocycles. The van der Waals surface area contributed by atoms with Crippen molar-refractivity contribution < 1.29 is 14.1 Å². The molecule has 1 aromatic heterocycles. The molecular formula is C18H13FN4O3S. The number of carbonyl (C=O) groups is 1. The van der Waals surface area contributed by atoms with E-state index in [-0.39, 0.29) is 23.2 Å². The Balaban J connectivity index is 1.59. The molecule has 3 rings (SSSR count). The Labute approximate surface area is 157 Å². The normalized spacial score (nSPS) is 10.4. The van der Waals surface area contributed by atoms with Gasteiger partial charge in [0.05, 0.1) is 16.4 Å². The molecule has 0 spiro atoms. The first-order chi connectivity index (χ1) is 13.0. The van der Waals surface area contributed by atoms with Crippen LogP contribution in [0, 0.1) is 15.9 Å². The van der Waals surface area contributed by atoms with Gasteiger partial charge >= 0.3 is 0 Å². The van der Waals surface area contributed by atoms with Crippen molar-refractivity contribution >= 4 is 29.0 Å². The van der Waals surface area contributed by atoms with E-state index in [1.807, 2.05) is 0 Å². The van der Waals surface area contributed by atoms with Gasteiger partial charge < -0.3 is 5.32 Å². The molecule has 0 atom stereocenters. The average Bonchev–Trinajstić information content (AvgIpc) is 2.69. The molecule has 0 saturated carbocycles. The molecule has 0 aliphatic heterocycles. The van der Waals surface area contributed by atoms with Crippen molar-refractivity contribution in [1.82, 2.24) is 10.2 Å². The van der Waals surface area contributed by atoms with Gasteiger partial charge in [-0.15, -0.1) is 10.2 Å². The van der Waals surface area contributed by atoms with E-state index in [2.05, 4.69) is 15.5 Å². The number of rotatable bonds is 6. The van der Waals surface area contributed by atoms with Crippen molar-refractivity contribution in [3.05, 3.63) is 76.6 Å². The zero-order valence-electron chi connectivity index (χ0n) is 13.8. The highest BCUT2D eigenvalue weighted by Crippen LogP contribution is 2.23. The topological polar surface area (TPSA) is 98.0 Å². The predicted octanol–water partition coefficient (Wildman–Crippen LogP) is 3.92. The fraction of sp³-hybridized carbons (Fsp3) is 0.0556. The number of nitrogens with one attached hydrogen (secondary N) is 1. The van der Waals surface area contributed by atoms with Crippen LogP contribution < -0.4 is 5.32 Å². The molecule has 1 heterocycles. The Bertz CT molecular complexity index is 965. The van der Waals surface area contributed by atoms with Gasteiger partial charge in [0.1, 0.15) is 10.8 Å². The Morgan fingerprint density at radius 1 is 1.11 bits per heavy atom. The summed E-state index contributed by atoms with van der Waals surface area (Å²) in [5.41, 5.74) is 1.57. The van der Waals surface area contributed by atoms with Gasteiger partial charge in [0.2, 0.25) is 5.91 Å². The second kappa shape index (κ2) is 8.37. The molecule has 0 radical (unpaired) electrons. The van der Waals surface area contributed by atoms with Crippen molar-refractivity contribution in [2.24, 2.45) is 0 Å². The Morgan fingerprint density at radius 2 is 1.89 bits per heavy atom. The van der Waals surface area contributed by atoms with Gasteiger partial charge in [0.25, 0.3) is 5.69 Å². The van der Waals surface area contributed by atoms with Gasteiger partial charge in [-0.05, 0) is 36.4 Å². The van der Waals surface area contributed by atoms with Gasteiger partial charge in [-0.3, -0.25) is 14.9 Å². The Morgan fingerprint density at radius 3 is 2.56 bits per heavy atom. The standard InChI is InChI=1S/C18H13FN4O3S/c19-13-4-6-14(7-5-13)20-17(24)11-27-18-9-8-16(21-22-18)12-2-1-3-15(10-12)23(25)26/h1-10H,11H2,(H,20,24). The second-order valence-corrected chi connectivity index (χ2v) is 6.40. The van der Waals surface area contributed by atoms with Crippen LogP contribution in [0.5, 0.6) is 0 Å². The lowest BCUT2D eigenvalue weighted by Crippen LogP contribution is -2.14.